The number of anilines is 2. The first-order valence-corrected chi connectivity index (χ1v) is 9.49. The third-order valence-corrected chi connectivity index (χ3v) is 4.85. The van der Waals surface area contributed by atoms with Crippen LogP contribution in [0.2, 0.25) is 0 Å². The topological polar surface area (TPSA) is 102 Å². The number of carbonyl (C=O) groups excluding carboxylic acids is 2. The van der Waals surface area contributed by atoms with Crippen molar-refractivity contribution in [2.75, 3.05) is 29.9 Å². The van der Waals surface area contributed by atoms with Gasteiger partial charge in [0.2, 0.25) is 0 Å². The van der Waals surface area contributed by atoms with Crippen LogP contribution in [0.25, 0.3) is 0 Å². The summed E-state index contributed by atoms with van der Waals surface area (Å²) in [6.45, 7) is 1.01. The van der Waals surface area contributed by atoms with Gasteiger partial charge in [0.15, 0.2) is 6.61 Å². The maximum absolute atomic E-state index is 12.2. The second kappa shape index (κ2) is 8.83. The summed E-state index contributed by atoms with van der Waals surface area (Å²) >= 11 is 3.30. The van der Waals surface area contributed by atoms with Gasteiger partial charge in [-0.25, -0.2) is 4.79 Å². The Kier molecular flexibility index (Phi) is 6.25. The number of hydrogen-bond acceptors (Lipinski definition) is 6. The van der Waals surface area contributed by atoms with Crippen LogP contribution < -0.4 is 10.2 Å². The van der Waals surface area contributed by atoms with Crippen molar-refractivity contribution < 1.29 is 19.2 Å². The van der Waals surface area contributed by atoms with Gasteiger partial charge in [0.1, 0.15) is 5.69 Å². The molecule has 0 unspecified atom stereocenters. The molecule has 0 radical (unpaired) electrons. The number of halogens is 1. The van der Waals surface area contributed by atoms with Crippen LogP contribution in [0.15, 0.2) is 46.9 Å². The van der Waals surface area contributed by atoms with Crippen LogP contribution in [0.4, 0.5) is 17.1 Å². The van der Waals surface area contributed by atoms with E-state index in [0.29, 0.717) is 11.4 Å². The molecule has 0 bridgehead atoms. The number of nitro groups is 1. The summed E-state index contributed by atoms with van der Waals surface area (Å²) in [5, 5.41) is 14.0. The minimum Gasteiger partial charge on any atom is -0.452 e. The molecule has 3 rings (SSSR count). The highest BCUT2D eigenvalue weighted by Crippen LogP contribution is 2.31. The lowest BCUT2D eigenvalue weighted by atomic mass is 10.1. The van der Waals surface area contributed by atoms with Crippen molar-refractivity contribution in [1.29, 1.82) is 0 Å². The van der Waals surface area contributed by atoms with Crippen molar-refractivity contribution in [3.63, 3.8) is 0 Å². The number of benzene rings is 2. The van der Waals surface area contributed by atoms with Crippen molar-refractivity contribution in [2.24, 2.45) is 0 Å². The van der Waals surface area contributed by atoms with Crippen LogP contribution in [-0.2, 0) is 9.53 Å². The zero-order valence-corrected chi connectivity index (χ0v) is 16.5. The van der Waals surface area contributed by atoms with Crippen molar-refractivity contribution in [2.45, 2.75) is 12.8 Å². The number of nitro benzene ring substituents is 1. The first-order valence-electron chi connectivity index (χ1n) is 8.70. The molecule has 1 amide bonds. The molecule has 146 valence electrons. The van der Waals surface area contributed by atoms with Gasteiger partial charge >= 0.3 is 5.97 Å². The zero-order chi connectivity index (χ0) is 20.1. The van der Waals surface area contributed by atoms with E-state index in [1.807, 2.05) is 4.90 Å². The third-order valence-electron chi connectivity index (χ3n) is 4.32. The van der Waals surface area contributed by atoms with Crippen molar-refractivity contribution >= 4 is 44.9 Å². The summed E-state index contributed by atoms with van der Waals surface area (Å²) in [5.74, 6) is -1.29. The second-order valence-corrected chi connectivity index (χ2v) is 7.20. The molecule has 2 aromatic carbocycles. The molecule has 9 heteroatoms. The number of nitrogens with one attached hydrogen (secondary N) is 1. The molecular weight excluding hydrogens is 430 g/mol. The lowest BCUT2D eigenvalue weighted by molar-refractivity contribution is -0.384. The van der Waals surface area contributed by atoms with Crippen LogP contribution in [0.5, 0.6) is 0 Å². The van der Waals surface area contributed by atoms with Crippen molar-refractivity contribution in [1.82, 2.24) is 0 Å². The molecular formula is C19H18BrN3O5. The molecule has 1 saturated heterocycles. The zero-order valence-electron chi connectivity index (χ0n) is 14.9. The molecule has 1 heterocycles. The molecule has 1 N–H and O–H groups in total. The summed E-state index contributed by atoms with van der Waals surface area (Å²) in [6.07, 6.45) is 1.96. The number of amides is 1. The summed E-state index contributed by atoms with van der Waals surface area (Å²) in [7, 11) is 0. The van der Waals surface area contributed by atoms with E-state index >= 15 is 0 Å². The molecule has 1 aliphatic rings. The Morgan fingerprint density at radius 2 is 1.82 bits per heavy atom. The fraction of sp³-hybridized carbons (Fsp3) is 0.263. The van der Waals surface area contributed by atoms with Gasteiger partial charge in [-0.15, -0.1) is 0 Å². The van der Waals surface area contributed by atoms with Gasteiger partial charge in [-0.05, 0) is 49.2 Å². The average Bonchev–Trinajstić information content (AvgIpc) is 3.22. The number of nitrogens with zero attached hydrogens (tertiary/aromatic N) is 2. The first kappa shape index (κ1) is 19.8. The van der Waals surface area contributed by atoms with E-state index in [0.717, 1.165) is 30.4 Å². The Morgan fingerprint density at radius 3 is 2.46 bits per heavy atom. The smallest absolute Gasteiger partial charge is 0.338 e. The minimum atomic E-state index is -0.790. The van der Waals surface area contributed by atoms with Crippen LogP contribution in [0.1, 0.15) is 23.2 Å². The average molecular weight is 448 g/mol. The number of esters is 1. The Morgan fingerprint density at radius 1 is 1.14 bits per heavy atom. The Labute approximate surface area is 169 Å². The third kappa shape index (κ3) is 4.86. The van der Waals surface area contributed by atoms with Gasteiger partial charge in [0.25, 0.3) is 11.6 Å². The fourth-order valence-corrected chi connectivity index (χ4v) is 3.23. The molecule has 0 aromatic heterocycles. The van der Waals surface area contributed by atoms with Gasteiger partial charge in [0.05, 0.1) is 10.5 Å². The van der Waals surface area contributed by atoms with Gasteiger partial charge in [-0.2, -0.15) is 0 Å². The predicted octanol–water partition coefficient (Wildman–Crippen LogP) is 3.75. The Balaban J connectivity index is 1.63. The highest BCUT2D eigenvalue weighted by atomic mass is 79.9. The quantitative estimate of drug-likeness (QED) is 0.410. The van der Waals surface area contributed by atoms with Gasteiger partial charge in [0, 0.05) is 29.3 Å². The molecule has 0 spiro atoms. The van der Waals surface area contributed by atoms with Crippen molar-refractivity contribution in [3.05, 3.63) is 62.6 Å². The van der Waals surface area contributed by atoms with E-state index < -0.39 is 23.4 Å². The van der Waals surface area contributed by atoms with E-state index in [1.54, 1.807) is 30.3 Å². The van der Waals surface area contributed by atoms with E-state index in [-0.39, 0.29) is 11.3 Å². The Bertz CT molecular complexity index is 895. The van der Waals surface area contributed by atoms with Crippen LogP contribution >= 0.6 is 15.9 Å². The summed E-state index contributed by atoms with van der Waals surface area (Å²) in [4.78, 5) is 37.0. The molecule has 28 heavy (non-hydrogen) atoms. The van der Waals surface area contributed by atoms with Crippen LogP contribution in [-0.4, -0.2) is 36.5 Å². The number of ether oxygens (including phenoxy) is 1. The molecule has 0 atom stereocenters. The predicted molar refractivity (Wildman–Crippen MR) is 108 cm³/mol. The molecule has 0 aliphatic carbocycles. The summed E-state index contributed by atoms with van der Waals surface area (Å²) in [5.41, 5.74) is 0.948. The number of hydrogen-bond donors (Lipinski definition) is 1. The van der Waals surface area contributed by atoms with Gasteiger partial charge in [-0.1, -0.05) is 15.9 Å². The molecule has 2 aromatic rings. The van der Waals surface area contributed by atoms with E-state index in [2.05, 4.69) is 21.2 Å². The monoisotopic (exact) mass is 447 g/mol. The highest BCUT2D eigenvalue weighted by Gasteiger charge is 2.24. The molecule has 1 aliphatic heterocycles. The molecule has 0 saturated carbocycles. The molecule has 1 fully saturated rings. The van der Waals surface area contributed by atoms with Gasteiger partial charge in [-0.3, -0.25) is 14.9 Å². The number of rotatable bonds is 6. The van der Waals surface area contributed by atoms with Crippen molar-refractivity contribution in [3.8, 4) is 0 Å². The van der Waals surface area contributed by atoms with Crippen LogP contribution in [0, 0.1) is 10.1 Å². The van der Waals surface area contributed by atoms with E-state index in [9.17, 15) is 19.7 Å². The summed E-state index contributed by atoms with van der Waals surface area (Å²) < 4.78 is 5.86. The highest BCUT2D eigenvalue weighted by molar-refractivity contribution is 9.10. The standard InChI is InChI=1S/C19H18BrN3O5/c20-14-4-6-15(7-5-14)21-18(24)12-28-19(25)13-3-8-16(17(11-13)23(26)27)22-9-1-2-10-22/h3-8,11H,1-2,9-10,12H2,(H,21,24). The normalized spacial score (nSPS) is 13.2. The van der Waals surface area contributed by atoms with Gasteiger partial charge < -0.3 is 15.0 Å². The molecule has 8 nitrogen and oxygen atoms in total. The Hall–Kier alpha value is -2.94. The lowest BCUT2D eigenvalue weighted by Gasteiger charge is -2.17. The number of carbonyl (C=O) groups is 2. The lowest BCUT2D eigenvalue weighted by Crippen LogP contribution is -2.21. The SMILES string of the molecule is O=C(COC(=O)c1ccc(N2CCCC2)c([N+](=O)[O-])c1)Nc1ccc(Br)cc1. The largest absolute Gasteiger partial charge is 0.452 e. The maximum atomic E-state index is 12.2. The van der Waals surface area contributed by atoms with E-state index in [1.165, 1.54) is 12.1 Å². The van der Waals surface area contributed by atoms with Crippen LogP contribution in [0.3, 0.4) is 0 Å². The van der Waals surface area contributed by atoms with E-state index in [4.69, 9.17) is 4.74 Å². The summed E-state index contributed by atoms with van der Waals surface area (Å²) in [6, 6.07) is 11.2. The first-order chi connectivity index (χ1) is 13.4. The second-order valence-electron chi connectivity index (χ2n) is 6.29. The fourth-order valence-electron chi connectivity index (χ4n) is 2.97. The maximum Gasteiger partial charge on any atom is 0.338 e. The minimum absolute atomic E-state index is 0.0334.